The highest BCUT2D eigenvalue weighted by Crippen LogP contribution is 2.64. The van der Waals surface area contributed by atoms with Gasteiger partial charge in [-0.25, -0.2) is 0 Å². The Balaban J connectivity index is 1.95. The molecular formula is C17H24O. The quantitative estimate of drug-likeness (QED) is 0.772. The molecule has 0 radical (unpaired) electrons. The molecule has 1 N–H and O–H groups in total. The maximum absolute atomic E-state index is 10.1. The summed E-state index contributed by atoms with van der Waals surface area (Å²) in [5, 5.41) is 10.1. The van der Waals surface area contributed by atoms with Gasteiger partial charge in [0, 0.05) is 0 Å². The van der Waals surface area contributed by atoms with E-state index in [1.807, 2.05) is 12.1 Å². The van der Waals surface area contributed by atoms with E-state index in [-0.39, 0.29) is 0 Å². The predicted octanol–water partition coefficient (Wildman–Crippen LogP) is 4.49. The summed E-state index contributed by atoms with van der Waals surface area (Å²) in [5.74, 6) is 3.45. The molecule has 98 valence electrons. The molecule has 0 aromatic heterocycles. The van der Waals surface area contributed by atoms with Crippen LogP contribution in [0.2, 0.25) is 0 Å². The van der Waals surface area contributed by atoms with Crippen molar-refractivity contribution in [3.63, 3.8) is 0 Å². The van der Waals surface area contributed by atoms with E-state index < -0.39 is 0 Å². The summed E-state index contributed by atoms with van der Waals surface area (Å²) < 4.78 is 0. The second-order valence-corrected chi connectivity index (χ2v) is 7.11. The van der Waals surface area contributed by atoms with Crippen molar-refractivity contribution >= 4 is 0 Å². The molecule has 1 aromatic rings. The average Bonchev–Trinajstić information content (AvgIpc) is 2.83. The zero-order chi connectivity index (χ0) is 13.1. The third kappa shape index (κ3) is 1.52. The van der Waals surface area contributed by atoms with Gasteiger partial charge < -0.3 is 5.11 Å². The van der Waals surface area contributed by atoms with Crippen molar-refractivity contribution in [1.82, 2.24) is 0 Å². The van der Waals surface area contributed by atoms with E-state index in [9.17, 15) is 5.11 Å². The normalized spacial score (nSPS) is 37.1. The maximum Gasteiger partial charge on any atom is 0.119 e. The third-order valence-corrected chi connectivity index (χ3v) is 6.06. The lowest BCUT2D eigenvalue weighted by molar-refractivity contribution is 0.121. The monoisotopic (exact) mass is 244 g/mol. The number of hydrogen-bond acceptors (Lipinski definition) is 1. The standard InChI is InChI=1S/C17H24O/c1-10-5-6-16(18)15(7-10)14-9-12-8-13(14)11(2)17(12,3)4/h5-7,11-14,18H,8-9H2,1-4H3/t11?,12-,13-,14+/m0/s1. The minimum Gasteiger partial charge on any atom is -0.508 e. The lowest BCUT2D eigenvalue weighted by Crippen LogP contribution is -2.32. The Kier molecular flexibility index (Phi) is 2.52. The van der Waals surface area contributed by atoms with Gasteiger partial charge in [-0.2, -0.15) is 0 Å². The minimum absolute atomic E-state index is 0.487. The number of aryl methyl sites for hydroxylation is 1. The predicted molar refractivity (Wildman–Crippen MR) is 74.7 cm³/mol. The van der Waals surface area contributed by atoms with E-state index in [4.69, 9.17) is 0 Å². The van der Waals surface area contributed by atoms with E-state index >= 15 is 0 Å². The van der Waals surface area contributed by atoms with Crippen LogP contribution in [0.4, 0.5) is 0 Å². The van der Waals surface area contributed by atoms with Crippen LogP contribution in [-0.2, 0) is 0 Å². The topological polar surface area (TPSA) is 20.2 Å². The Labute approximate surface area is 110 Å². The highest BCUT2D eigenvalue weighted by Gasteiger charge is 2.55. The maximum atomic E-state index is 10.1. The van der Waals surface area contributed by atoms with Crippen LogP contribution in [0, 0.1) is 30.1 Å². The molecule has 0 saturated heterocycles. The van der Waals surface area contributed by atoms with Crippen LogP contribution in [0.3, 0.4) is 0 Å². The number of phenols is 1. The fraction of sp³-hybridized carbons (Fsp3) is 0.647. The smallest absolute Gasteiger partial charge is 0.119 e. The number of rotatable bonds is 1. The van der Waals surface area contributed by atoms with Gasteiger partial charge in [-0.3, -0.25) is 0 Å². The molecule has 3 rings (SSSR count). The van der Waals surface area contributed by atoms with Crippen LogP contribution < -0.4 is 0 Å². The fourth-order valence-electron chi connectivity index (χ4n) is 4.48. The zero-order valence-electron chi connectivity index (χ0n) is 11.9. The molecule has 0 spiro atoms. The summed E-state index contributed by atoms with van der Waals surface area (Å²) in [7, 11) is 0. The molecule has 0 heterocycles. The van der Waals surface area contributed by atoms with Crippen molar-refractivity contribution in [1.29, 1.82) is 0 Å². The molecule has 2 saturated carbocycles. The Bertz CT molecular complexity index is 470. The van der Waals surface area contributed by atoms with Crippen molar-refractivity contribution in [3.05, 3.63) is 29.3 Å². The molecule has 4 atom stereocenters. The van der Waals surface area contributed by atoms with E-state index in [1.165, 1.54) is 24.0 Å². The molecule has 1 heteroatoms. The molecular weight excluding hydrogens is 220 g/mol. The van der Waals surface area contributed by atoms with Crippen molar-refractivity contribution in [2.75, 3.05) is 0 Å². The molecule has 2 bridgehead atoms. The first kappa shape index (κ1) is 12.1. The molecule has 1 aromatic carbocycles. The second-order valence-electron chi connectivity index (χ2n) is 7.11. The van der Waals surface area contributed by atoms with E-state index in [0.717, 1.165) is 17.8 Å². The van der Waals surface area contributed by atoms with E-state index in [0.29, 0.717) is 17.1 Å². The van der Waals surface area contributed by atoms with Gasteiger partial charge in [-0.1, -0.05) is 38.5 Å². The highest BCUT2D eigenvalue weighted by atomic mass is 16.3. The van der Waals surface area contributed by atoms with Gasteiger partial charge in [0.25, 0.3) is 0 Å². The van der Waals surface area contributed by atoms with Gasteiger partial charge in [-0.15, -0.1) is 0 Å². The number of benzene rings is 1. The molecule has 18 heavy (non-hydrogen) atoms. The summed E-state index contributed by atoms with van der Waals surface area (Å²) in [4.78, 5) is 0. The van der Waals surface area contributed by atoms with Crippen LogP contribution in [0.1, 0.15) is 50.7 Å². The number of hydrogen-bond donors (Lipinski definition) is 1. The SMILES string of the molecule is Cc1ccc(O)c([C@@H]2C[C@@H]3C[C@H]2C(C)C3(C)C)c1. The van der Waals surface area contributed by atoms with Crippen LogP contribution in [0.15, 0.2) is 18.2 Å². The Morgan fingerprint density at radius 3 is 2.56 bits per heavy atom. The van der Waals surface area contributed by atoms with E-state index in [2.05, 4.69) is 33.8 Å². The van der Waals surface area contributed by atoms with Gasteiger partial charge in [0.15, 0.2) is 0 Å². The molecule has 2 aliphatic carbocycles. The summed E-state index contributed by atoms with van der Waals surface area (Å²) in [5.41, 5.74) is 2.95. The van der Waals surface area contributed by atoms with Crippen molar-refractivity contribution in [3.8, 4) is 5.75 Å². The van der Waals surface area contributed by atoms with Gasteiger partial charge >= 0.3 is 0 Å². The highest BCUT2D eigenvalue weighted by molar-refractivity contribution is 5.40. The van der Waals surface area contributed by atoms with Gasteiger partial charge in [0.2, 0.25) is 0 Å². The molecule has 0 aliphatic heterocycles. The molecule has 2 fully saturated rings. The minimum atomic E-state index is 0.487. The summed E-state index contributed by atoms with van der Waals surface area (Å²) in [6.45, 7) is 9.37. The summed E-state index contributed by atoms with van der Waals surface area (Å²) >= 11 is 0. The van der Waals surface area contributed by atoms with Gasteiger partial charge in [-0.05, 0) is 60.5 Å². The first-order valence-electron chi connectivity index (χ1n) is 7.20. The second kappa shape index (κ2) is 3.76. The summed E-state index contributed by atoms with van der Waals surface area (Å²) in [6, 6.07) is 6.06. The van der Waals surface area contributed by atoms with Crippen LogP contribution in [-0.4, -0.2) is 5.11 Å². The van der Waals surface area contributed by atoms with Gasteiger partial charge in [0.05, 0.1) is 0 Å². The number of phenolic OH excluding ortho intramolecular Hbond substituents is 1. The van der Waals surface area contributed by atoms with Crippen LogP contribution in [0.25, 0.3) is 0 Å². The lowest BCUT2D eigenvalue weighted by atomic mass is 9.65. The number of aromatic hydroxyl groups is 1. The van der Waals surface area contributed by atoms with E-state index in [1.54, 1.807) is 0 Å². The zero-order valence-corrected chi connectivity index (χ0v) is 11.9. The van der Waals surface area contributed by atoms with Crippen LogP contribution >= 0.6 is 0 Å². The van der Waals surface area contributed by atoms with Crippen molar-refractivity contribution < 1.29 is 5.11 Å². The Morgan fingerprint density at radius 2 is 1.94 bits per heavy atom. The first-order chi connectivity index (χ1) is 8.41. The van der Waals surface area contributed by atoms with Gasteiger partial charge in [0.1, 0.15) is 5.75 Å². The Morgan fingerprint density at radius 1 is 1.22 bits per heavy atom. The third-order valence-electron chi connectivity index (χ3n) is 6.06. The van der Waals surface area contributed by atoms with Crippen molar-refractivity contribution in [2.24, 2.45) is 23.2 Å². The number of fused-ring (bicyclic) bond motifs is 2. The molecule has 0 amide bonds. The van der Waals surface area contributed by atoms with Crippen molar-refractivity contribution in [2.45, 2.75) is 46.5 Å². The average molecular weight is 244 g/mol. The molecule has 1 unspecified atom stereocenters. The molecule has 2 aliphatic rings. The summed E-state index contributed by atoms with van der Waals surface area (Å²) in [6.07, 6.45) is 2.62. The largest absolute Gasteiger partial charge is 0.508 e. The first-order valence-corrected chi connectivity index (χ1v) is 7.20. The lowest BCUT2D eigenvalue weighted by Gasteiger charge is -2.40. The van der Waals surface area contributed by atoms with Crippen LogP contribution in [0.5, 0.6) is 5.75 Å². The Hall–Kier alpha value is -0.980. The molecule has 1 nitrogen and oxygen atoms in total. The fourth-order valence-corrected chi connectivity index (χ4v) is 4.48.